The highest BCUT2D eigenvalue weighted by molar-refractivity contribution is 7.89. The number of thiazole rings is 1. The van der Waals surface area contributed by atoms with Crippen LogP contribution in [0.25, 0.3) is 0 Å². The summed E-state index contributed by atoms with van der Waals surface area (Å²) in [7, 11) is -4.18. The van der Waals surface area contributed by atoms with Crippen LogP contribution >= 0.6 is 34.5 Å². The number of nitrogens with one attached hydrogen (secondary N) is 1. The first-order valence-electron chi connectivity index (χ1n) is 15.6. The summed E-state index contributed by atoms with van der Waals surface area (Å²) in [5.74, 6) is -0.742. The van der Waals surface area contributed by atoms with E-state index in [9.17, 15) is 23.1 Å². The molecule has 1 aromatic heterocycles. The molecule has 256 valence electrons. The van der Waals surface area contributed by atoms with E-state index < -0.39 is 34.1 Å². The second-order valence-electron chi connectivity index (χ2n) is 12.6. The first-order chi connectivity index (χ1) is 22.2. The number of aliphatic hydroxyl groups is 1. The van der Waals surface area contributed by atoms with Crippen LogP contribution in [0.1, 0.15) is 44.0 Å². The van der Waals surface area contributed by atoms with Crippen molar-refractivity contribution in [1.82, 2.24) is 24.4 Å². The molecule has 0 bridgehead atoms. The van der Waals surface area contributed by atoms with Gasteiger partial charge in [0.05, 0.1) is 39.4 Å². The van der Waals surface area contributed by atoms with Crippen LogP contribution in [0.4, 0.5) is 4.79 Å². The number of carbonyl (C=O) groups is 2. The SMILES string of the molecule is Cc1nc(CN2CCN([C@H](C(=O)N[C@@H](Cc3ccccc3)[C@@H](O)CN(CC(C)C)S(=O)(=O)c3cccc(Cl)c3Cl)C(C)C)C2=O)cs1. The first kappa shape index (κ1) is 37.1. The highest BCUT2D eigenvalue weighted by Crippen LogP contribution is 2.31. The van der Waals surface area contributed by atoms with Crippen molar-refractivity contribution in [2.45, 2.75) is 70.7 Å². The van der Waals surface area contributed by atoms with Gasteiger partial charge in [-0.25, -0.2) is 18.2 Å². The van der Waals surface area contributed by atoms with Gasteiger partial charge in [-0.3, -0.25) is 4.79 Å². The molecule has 1 aliphatic rings. The Kier molecular flexibility index (Phi) is 12.7. The number of aromatic nitrogens is 1. The van der Waals surface area contributed by atoms with Gasteiger partial charge in [-0.05, 0) is 42.9 Å². The average Bonchev–Trinajstić information content (AvgIpc) is 3.58. The van der Waals surface area contributed by atoms with E-state index in [0.717, 1.165) is 16.3 Å². The summed E-state index contributed by atoms with van der Waals surface area (Å²) in [6.07, 6.45) is -1.08. The number of urea groups is 1. The standard InChI is InChI=1S/C33H43Cl2N5O5S2/c1-21(2)17-39(47(44,45)29-13-9-12-26(34)30(29)35)19-28(41)27(16-24-10-7-6-8-11-24)37-32(42)31(22(3)4)40-15-14-38(33(40)43)18-25-20-46-23(5)36-25/h6-13,20-22,27-28,31,41H,14-19H2,1-5H3,(H,37,42)/t27-,28-,31-/m0/s1. The molecule has 3 amide bonds. The summed E-state index contributed by atoms with van der Waals surface area (Å²) in [4.78, 5) is 35.1. The topological polar surface area (TPSA) is 123 Å². The highest BCUT2D eigenvalue weighted by atomic mass is 35.5. The number of aryl methyl sites for hydroxylation is 1. The van der Waals surface area contributed by atoms with Gasteiger partial charge in [-0.15, -0.1) is 11.3 Å². The van der Waals surface area contributed by atoms with Gasteiger partial charge in [0.15, 0.2) is 0 Å². The fraction of sp³-hybridized carbons (Fsp3) is 0.485. The van der Waals surface area contributed by atoms with Crippen molar-refractivity contribution >= 4 is 56.5 Å². The third-order valence-corrected chi connectivity index (χ3v) is 11.6. The Balaban J connectivity index is 1.59. The van der Waals surface area contributed by atoms with Crippen molar-refractivity contribution < 1.29 is 23.1 Å². The smallest absolute Gasteiger partial charge is 0.321 e. The predicted molar refractivity (Wildman–Crippen MR) is 186 cm³/mol. The largest absolute Gasteiger partial charge is 0.390 e. The quantitative estimate of drug-likeness (QED) is 0.215. The zero-order chi connectivity index (χ0) is 34.5. The number of hydrogen-bond acceptors (Lipinski definition) is 7. The van der Waals surface area contributed by atoms with Crippen molar-refractivity contribution in [1.29, 1.82) is 0 Å². The molecule has 1 aliphatic heterocycles. The van der Waals surface area contributed by atoms with Gasteiger partial charge in [0, 0.05) is 31.6 Å². The molecule has 0 aliphatic carbocycles. The minimum absolute atomic E-state index is 0.0836. The molecule has 0 unspecified atom stereocenters. The molecule has 1 fully saturated rings. The number of benzene rings is 2. The van der Waals surface area contributed by atoms with E-state index in [1.807, 2.05) is 70.3 Å². The maximum absolute atomic E-state index is 14.0. The normalized spacial score (nSPS) is 15.9. The number of hydrogen-bond donors (Lipinski definition) is 2. The van der Waals surface area contributed by atoms with Gasteiger partial charge in [0.2, 0.25) is 15.9 Å². The monoisotopic (exact) mass is 723 g/mol. The third-order valence-electron chi connectivity index (χ3n) is 7.97. The summed E-state index contributed by atoms with van der Waals surface area (Å²) in [6, 6.07) is 11.8. The lowest BCUT2D eigenvalue weighted by Crippen LogP contribution is -2.57. The minimum atomic E-state index is -4.18. The highest BCUT2D eigenvalue weighted by Gasteiger charge is 2.41. The molecule has 14 heteroatoms. The van der Waals surface area contributed by atoms with Crippen molar-refractivity contribution in [3.8, 4) is 0 Å². The van der Waals surface area contributed by atoms with Crippen molar-refractivity contribution in [3.05, 3.63) is 80.2 Å². The van der Waals surface area contributed by atoms with Crippen molar-refractivity contribution in [2.24, 2.45) is 11.8 Å². The third kappa shape index (κ3) is 9.24. The van der Waals surface area contributed by atoms with Gasteiger partial charge in [0.1, 0.15) is 10.9 Å². The van der Waals surface area contributed by atoms with Crippen molar-refractivity contribution in [3.63, 3.8) is 0 Å². The van der Waals surface area contributed by atoms with E-state index in [0.29, 0.717) is 19.6 Å². The predicted octanol–water partition coefficient (Wildman–Crippen LogP) is 5.46. The zero-order valence-corrected chi connectivity index (χ0v) is 30.4. The Morgan fingerprint density at radius 2 is 1.77 bits per heavy atom. The Morgan fingerprint density at radius 3 is 2.38 bits per heavy atom. The Morgan fingerprint density at radius 1 is 1.06 bits per heavy atom. The van der Waals surface area contributed by atoms with Crippen LogP contribution in [-0.2, 0) is 27.8 Å². The van der Waals surface area contributed by atoms with Gasteiger partial charge < -0.3 is 20.2 Å². The summed E-state index contributed by atoms with van der Waals surface area (Å²) >= 11 is 14.0. The summed E-state index contributed by atoms with van der Waals surface area (Å²) in [6.45, 7) is 10.4. The van der Waals surface area contributed by atoms with Crippen LogP contribution in [0, 0.1) is 18.8 Å². The van der Waals surface area contributed by atoms with E-state index in [1.165, 1.54) is 33.8 Å². The Hall–Kier alpha value is -2.74. The van der Waals surface area contributed by atoms with Crippen LogP contribution in [0.5, 0.6) is 0 Å². The molecule has 2 aromatic carbocycles. The number of amides is 3. The minimum Gasteiger partial charge on any atom is -0.390 e. The lowest BCUT2D eigenvalue weighted by atomic mass is 9.97. The van der Waals surface area contributed by atoms with Crippen LogP contribution in [-0.4, -0.2) is 88.9 Å². The molecule has 0 spiro atoms. The zero-order valence-electron chi connectivity index (χ0n) is 27.3. The van der Waals surface area contributed by atoms with Gasteiger partial charge in [-0.1, -0.05) is 87.3 Å². The van der Waals surface area contributed by atoms with Crippen LogP contribution < -0.4 is 5.32 Å². The van der Waals surface area contributed by atoms with E-state index in [2.05, 4.69) is 10.3 Å². The fourth-order valence-electron chi connectivity index (χ4n) is 5.74. The first-order valence-corrected chi connectivity index (χ1v) is 18.7. The number of halogens is 2. The number of sulfonamides is 1. The molecule has 0 saturated carbocycles. The molecule has 0 radical (unpaired) electrons. The summed E-state index contributed by atoms with van der Waals surface area (Å²) < 4.78 is 29.0. The van der Waals surface area contributed by atoms with Crippen LogP contribution in [0.2, 0.25) is 10.0 Å². The molecule has 2 heterocycles. The molecule has 4 rings (SSSR count). The van der Waals surface area contributed by atoms with E-state index in [-0.39, 0.29) is 52.3 Å². The van der Waals surface area contributed by atoms with Gasteiger partial charge in [0.25, 0.3) is 0 Å². The second-order valence-corrected chi connectivity index (χ2v) is 16.3. The molecular weight excluding hydrogens is 681 g/mol. The van der Waals surface area contributed by atoms with E-state index >= 15 is 0 Å². The molecule has 10 nitrogen and oxygen atoms in total. The molecular formula is C33H43Cl2N5O5S2. The van der Waals surface area contributed by atoms with Crippen LogP contribution in [0.15, 0.2) is 58.8 Å². The van der Waals surface area contributed by atoms with Crippen LogP contribution in [0.3, 0.4) is 0 Å². The molecule has 3 atom stereocenters. The van der Waals surface area contributed by atoms with Gasteiger partial charge >= 0.3 is 6.03 Å². The lowest BCUT2D eigenvalue weighted by Gasteiger charge is -2.34. The van der Waals surface area contributed by atoms with Gasteiger partial charge in [-0.2, -0.15) is 4.31 Å². The fourth-order valence-corrected chi connectivity index (χ4v) is 8.70. The van der Waals surface area contributed by atoms with E-state index in [1.54, 1.807) is 9.80 Å². The molecule has 1 saturated heterocycles. The average molecular weight is 725 g/mol. The molecule has 2 N–H and O–H groups in total. The number of nitrogens with zero attached hydrogens (tertiary/aromatic N) is 4. The second kappa shape index (κ2) is 16.1. The Labute approximate surface area is 291 Å². The molecule has 47 heavy (non-hydrogen) atoms. The van der Waals surface area contributed by atoms with E-state index in [4.69, 9.17) is 23.2 Å². The Bertz CT molecular complexity index is 1640. The summed E-state index contributed by atoms with van der Waals surface area (Å²) in [5.41, 5.74) is 1.65. The molecule has 3 aromatic rings. The number of carbonyl (C=O) groups excluding carboxylic acids is 2. The maximum atomic E-state index is 14.0. The number of rotatable bonds is 15. The van der Waals surface area contributed by atoms with Crippen molar-refractivity contribution in [2.75, 3.05) is 26.2 Å². The summed E-state index contributed by atoms with van der Waals surface area (Å²) in [5, 5.41) is 17.6. The lowest BCUT2D eigenvalue weighted by molar-refractivity contribution is -0.128. The number of aliphatic hydroxyl groups excluding tert-OH is 1. The maximum Gasteiger partial charge on any atom is 0.321 e.